The maximum atomic E-state index is 12.2. The summed E-state index contributed by atoms with van der Waals surface area (Å²) in [6.07, 6.45) is 2.14. The predicted octanol–water partition coefficient (Wildman–Crippen LogP) is 2.63. The maximum Gasteiger partial charge on any atom is 0.235 e. The van der Waals surface area contributed by atoms with Crippen molar-refractivity contribution in [2.24, 2.45) is 11.5 Å². The Morgan fingerprint density at radius 3 is 2.40 bits per heavy atom. The standard InChI is InChI=1S/C22H24N6OS/c1-3-16-17(11-23)21(28(2)15-9-14(25)10-15)27-22(18(16)12-24)30-19(20(26)29)13-7-5-4-6-8-13/h4-8,14-15,19H,3,9-10,25H2,1-2H3,(H2,26,29). The zero-order valence-electron chi connectivity index (χ0n) is 17.0. The molecule has 1 aliphatic rings. The topological polar surface area (TPSA) is 133 Å². The number of anilines is 1. The first kappa shape index (κ1) is 21.6. The summed E-state index contributed by atoms with van der Waals surface area (Å²) < 4.78 is 0. The Hall–Kier alpha value is -3.07. The number of hydrogen-bond acceptors (Lipinski definition) is 7. The molecule has 0 aliphatic heterocycles. The van der Waals surface area contributed by atoms with Crippen LogP contribution >= 0.6 is 11.8 Å². The van der Waals surface area contributed by atoms with Crippen molar-refractivity contribution in [2.75, 3.05) is 11.9 Å². The highest BCUT2D eigenvalue weighted by Gasteiger charge is 2.33. The fourth-order valence-corrected chi connectivity index (χ4v) is 4.73. The number of nitrogens with two attached hydrogens (primary N) is 2. The number of carbonyl (C=O) groups is 1. The van der Waals surface area contributed by atoms with Crippen LogP contribution in [0.15, 0.2) is 35.4 Å². The van der Waals surface area contributed by atoms with E-state index in [2.05, 4.69) is 12.1 Å². The summed E-state index contributed by atoms with van der Waals surface area (Å²) in [6.45, 7) is 1.90. The Morgan fingerprint density at radius 2 is 1.90 bits per heavy atom. The molecule has 0 saturated heterocycles. The zero-order valence-corrected chi connectivity index (χ0v) is 17.8. The van der Waals surface area contributed by atoms with Crippen LogP contribution in [0.25, 0.3) is 0 Å². The number of primary amides is 1. The maximum absolute atomic E-state index is 12.2. The molecular formula is C22H24N6OS. The molecule has 1 atom stereocenters. The Labute approximate surface area is 180 Å². The van der Waals surface area contributed by atoms with Gasteiger partial charge in [-0.15, -0.1) is 0 Å². The summed E-state index contributed by atoms with van der Waals surface area (Å²) in [4.78, 5) is 18.9. The van der Waals surface area contributed by atoms with Gasteiger partial charge in [-0.2, -0.15) is 10.5 Å². The predicted molar refractivity (Wildman–Crippen MR) is 117 cm³/mol. The van der Waals surface area contributed by atoms with Crippen molar-refractivity contribution in [3.63, 3.8) is 0 Å². The van der Waals surface area contributed by atoms with Gasteiger partial charge in [0.05, 0.1) is 11.1 Å². The molecule has 1 fully saturated rings. The van der Waals surface area contributed by atoms with Crippen LogP contribution in [-0.4, -0.2) is 30.0 Å². The number of nitriles is 2. The van der Waals surface area contributed by atoms with Gasteiger partial charge >= 0.3 is 0 Å². The largest absolute Gasteiger partial charge is 0.368 e. The number of pyridine rings is 1. The Morgan fingerprint density at radius 1 is 1.27 bits per heavy atom. The van der Waals surface area contributed by atoms with Gasteiger partial charge in [0.1, 0.15) is 28.2 Å². The molecule has 2 aromatic rings. The van der Waals surface area contributed by atoms with Crippen molar-refractivity contribution in [1.29, 1.82) is 10.5 Å². The minimum atomic E-state index is -0.696. The minimum absolute atomic E-state index is 0.151. The highest BCUT2D eigenvalue weighted by atomic mass is 32.2. The van der Waals surface area contributed by atoms with Crippen molar-refractivity contribution in [3.05, 3.63) is 52.6 Å². The van der Waals surface area contributed by atoms with Gasteiger partial charge in [0.2, 0.25) is 5.91 Å². The molecule has 0 bridgehead atoms. The van der Waals surface area contributed by atoms with Gasteiger partial charge in [-0.25, -0.2) is 4.98 Å². The van der Waals surface area contributed by atoms with Crippen LogP contribution in [0.5, 0.6) is 0 Å². The number of rotatable bonds is 7. The smallest absolute Gasteiger partial charge is 0.235 e. The molecule has 8 heteroatoms. The fraction of sp³-hybridized carbons (Fsp3) is 0.364. The Balaban J connectivity index is 2.11. The van der Waals surface area contributed by atoms with E-state index in [1.54, 1.807) is 0 Å². The van der Waals surface area contributed by atoms with E-state index in [0.29, 0.717) is 34.0 Å². The van der Waals surface area contributed by atoms with Crippen molar-refractivity contribution in [2.45, 2.75) is 48.5 Å². The number of nitrogens with zero attached hydrogens (tertiary/aromatic N) is 4. The van der Waals surface area contributed by atoms with E-state index in [1.807, 2.05) is 49.2 Å². The Bertz CT molecular complexity index is 1020. The Kier molecular flexibility index (Phi) is 6.61. The lowest BCUT2D eigenvalue weighted by molar-refractivity contribution is -0.117. The van der Waals surface area contributed by atoms with Gasteiger partial charge in [0.15, 0.2) is 0 Å². The van der Waals surface area contributed by atoms with Crippen LogP contribution in [-0.2, 0) is 11.2 Å². The summed E-state index contributed by atoms with van der Waals surface area (Å²) in [5.74, 6) is 0.00296. The summed E-state index contributed by atoms with van der Waals surface area (Å²) in [5.41, 5.74) is 13.7. The van der Waals surface area contributed by atoms with Gasteiger partial charge in [-0.1, -0.05) is 49.0 Å². The first-order valence-electron chi connectivity index (χ1n) is 9.77. The van der Waals surface area contributed by atoms with Crippen LogP contribution in [0.1, 0.15) is 47.3 Å². The molecule has 3 rings (SSSR count). The molecule has 1 aromatic carbocycles. The number of aromatic nitrogens is 1. The highest BCUT2D eigenvalue weighted by Crippen LogP contribution is 2.40. The lowest BCUT2D eigenvalue weighted by Gasteiger charge is -2.40. The second-order valence-corrected chi connectivity index (χ2v) is 8.45. The van der Waals surface area contributed by atoms with Crippen LogP contribution in [0.2, 0.25) is 0 Å². The van der Waals surface area contributed by atoms with Crippen molar-refractivity contribution < 1.29 is 4.79 Å². The second kappa shape index (κ2) is 9.17. The first-order chi connectivity index (χ1) is 14.4. The lowest BCUT2D eigenvalue weighted by atomic mass is 9.86. The zero-order chi connectivity index (χ0) is 21.8. The monoisotopic (exact) mass is 420 g/mol. The molecule has 4 N–H and O–H groups in total. The van der Waals surface area contributed by atoms with E-state index in [1.165, 1.54) is 0 Å². The molecule has 1 amide bonds. The van der Waals surface area contributed by atoms with E-state index < -0.39 is 11.2 Å². The molecule has 30 heavy (non-hydrogen) atoms. The molecule has 1 aromatic heterocycles. The van der Waals surface area contributed by atoms with Crippen LogP contribution in [0.4, 0.5) is 5.82 Å². The number of amides is 1. The second-order valence-electron chi connectivity index (χ2n) is 7.35. The third-order valence-electron chi connectivity index (χ3n) is 5.45. The average Bonchev–Trinajstić information content (AvgIpc) is 2.73. The summed E-state index contributed by atoms with van der Waals surface area (Å²) >= 11 is 1.15. The SMILES string of the molecule is CCc1c(C#N)c(SC(C(N)=O)c2ccccc2)nc(N(C)C2CC(N)C2)c1C#N. The minimum Gasteiger partial charge on any atom is -0.368 e. The van der Waals surface area contributed by atoms with Gasteiger partial charge in [-0.3, -0.25) is 4.79 Å². The van der Waals surface area contributed by atoms with Crippen molar-refractivity contribution in [1.82, 2.24) is 4.98 Å². The van der Waals surface area contributed by atoms with Gasteiger partial charge in [-0.05, 0) is 30.4 Å². The molecule has 0 radical (unpaired) electrons. The number of benzene rings is 1. The quantitative estimate of drug-likeness (QED) is 0.658. The molecule has 0 spiro atoms. The van der Waals surface area contributed by atoms with Crippen molar-refractivity contribution >= 4 is 23.5 Å². The summed E-state index contributed by atoms with van der Waals surface area (Å²) in [6, 6.07) is 13.9. The molecule has 1 heterocycles. The van der Waals surface area contributed by atoms with Gasteiger partial charge in [0, 0.05) is 19.1 Å². The first-order valence-corrected chi connectivity index (χ1v) is 10.7. The highest BCUT2D eigenvalue weighted by molar-refractivity contribution is 8.00. The molecule has 7 nitrogen and oxygen atoms in total. The molecule has 1 aliphatic carbocycles. The van der Waals surface area contributed by atoms with Crippen LogP contribution in [0, 0.1) is 22.7 Å². The van der Waals surface area contributed by atoms with E-state index in [-0.39, 0.29) is 12.1 Å². The molecule has 1 unspecified atom stereocenters. The van der Waals surface area contributed by atoms with Gasteiger partial charge < -0.3 is 16.4 Å². The number of hydrogen-bond donors (Lipinski definition) is 2. The molecule has 1 saturated carbocycles. The average molecular weight is 421 g/mol. The van der Waals surface area contributed by atoms with E-state index in [0.717, 1.165) is 30.2 Å². The number of carbonyl (C=O) groups excluding carboxylic acids is 1. The number of thioether (sulfide) groups is 1. The third kappa shape index (κ3) is 4.11. The third-order valence-corrected chi connectivity index (χ3v) is 6.71. The van der Waals surface area contributed by atoms with E-state index >= 15 is 0 Å². The van der Waals surface area contributed by atoms with Crippen LogP contribution < -0.4 is 16.4 Å². The van der Waals surface area contributed by atoms with Crippen molar-refractivity contribution in [3.8, 4) is 12.1 Å². The normalized spacial score (nSPS) is 18.6. The van der Waals surface area contributed by atoms with E-state index in [9.17, 15) is 15.3 Å². The molecule has 154 valence electrons. The lowest BCUT2D eigenvalue weighted by Crippen LogP contribution is -2.49. The molecular weight excluding hydrogens is 396 g/mol. The summed E-state index contributed by atoms with van der Waals surface area (Å²) in [5, 5.41) is 19.4. The van der Waals surface area contributed by atoms with E-state index in [4.69, 9.17) is 16.5 Å². The fourth-order valence-electron chi connectivity index (χ4n) is 3.67. The van der Waals surface area contributed by atoms with Gasteiger partial charge in [0.25, 0.3) is 0 Å². The summed E-state index contributed by atoms with van der Waals surface area (Å²) in [7, 11) is 1.89. The van der Waals surface area contributed by atoms with Crippen LogP contribution in [0.3, 0.4) is 0 Å².